The van der Waals surface area contributed by atoms with Crippen molar-refractivity contribution in [3.8, 4) is 0 Å². The van der Waals surface area contributed by atoms with Crippen molar-refractivity contribution in [3.05, 3.63) is 70.8 Å². The first-order chi connectivity index (χ1) is 10.9. The average Bonchev–Trinajstić information content (AvgIpc) is 2.55. The van der Waals surface area contributed by atoms with E-state index >= 15 is 0 Å². The first-order valence-corrected chi connectivity index (χ1v) is 6.78. The number of aliphatic hydroxyl groups is 2. The molecule has 1 unspecified atom stereocenters. The second kappa shape index (κ2) is 8.67. The molecule has 0 aromatic heterocycles. The van der Waals surface area contributed by atoms with E-state index in [0.717, 1.165) is 5.56 Å². The summed E-state index contributed by atoms with van der Waals surface area (Å²) >= 11 is 0. The molecule has 6 nitrogen and oxygen atoms in total. The van der Waals surface area contributed by atoms with Crippen LogP contribution < -0.4 is 0 Å². The number of carboxylic acids is 2. The van der Waals surface area contributed by atoms with Crippen LogP contribution in [0.5, 0.6) is 0 Å². The lowest BCUT2D eigenvalue weighted by atomic mass is 10.0. The molecule has 23 heavy (non-hydrogen) atoms. The topological polar surface area (TPSA) is 115 Å². The van der Waals surface area contributed by atoms with Gasteiger partial charge in [0, 0.05) is 0 Å². The van der Waals surface area contributed by atoms with E-state index in [-0.39, 0.29) is 23.3 Å². The minimum Gasteiger partial charge on any atom is -0.478 e. The van der Waals surface area contributed by atoms with Gasteiger partial charge in [-0.25, -0.2) is 9.59 Å². The van der Waals surface area contributed by atoms with Gasteiger partial charge in [0.05, 0.1) is 17.7 Å². The Morgan fingerprint density at radius 1 is 0.913 bits per heavy atom. The van der Waals surface area contributed by atoms with Crippen LogP contribution >= 0.6 is 0 Å². The largest absolute Gasteiger partial charge is 0.478 e. The predicted octanol–water partition coefficient (Wildman–Crippen LogP) is 2.10. The van der Waals surface area contributed by atoms with Gasteiger partial charge >= 0.3 is 11.9 Å². The van der Waals surface area contributed by atoms with Crippen molar-refractivity contribution in [1.29, 1.82) is 0 Å². The Bertz CT molecular complexity index is 634. The molecule has 0 heterocycles. The zero-order chi connectivity index (χ0) is 17.4. The summed E-state index contributed by atoms with van der Waals surface area (Å²) in [4.78, 5) is 21.2. The maximum absolute atomic E-state index is 10.6. The Kier molecular flexibility index (Phi) is 6.92. The van der Waals surface area contributed by atoms with Crippen LogP contribution in [0.4, 0.5) is 0 Å². The monoisotopic (exact) mass is 318 g/mol. The van der Waals surface area contributed by atoms with E-state index in [0.29, 0.717) is 0 Å². The Labute approximate surface area is 133 Å². The zero-order valence-corrected chi connectivity index (χ0v) is 12.5. The summed E-state index contributed by atoms with van der Waals surface area (Å²) in [7, 11) is 0. The molecule has 0 aliphatic rings. The van der Waals surface area contributed by atoms with Crippen LogP contribution in [0.25, 0.3) is 0 Å². The Balaban J connectivity index is 0.000000238. The summed E-state index contributed by atoms with van der Waals surface area (Å²) in [6, 6.07) is 13.3. The number of aliphatic hydroxyl groups excluding tert-OH is 2. The summed E-state index contributed by atoms with van der Waals surface area (Å²) in [5, 5.41) is 35.0. The molecule has 0 amide bonds. The third-order valence-corrected chi connectivity index (χ3v) is 3.15. The van der Waals surface area contributed by atoms with Crippen molar-refractivity contribution in [1.82, 2.24) is 0 Å². The maximum Gasteiger partial charge on any atom is 0.335 e. The number of rotatable bonds is 4. The molecular weight excluding hydrogens is 300 g/mol. The number of hydrogen-bond acceptors (Lipinski definition) is 4. The van der Waals surface area contributed by atoms with Crippen LogP contribution in [0, 0.1) is 6.92 Å². The fraction of sp³-hybridized carbons (Fsp3) is 0.176. The van der Waals surface area contributed by atoms with Crippen molar-refractivity contribution < 1.29 is 30.0 Å². The molecule has 1 atom stereocenters. The SMILES string of the molecule is Cc1c(C(=O)O)cccc1C(=O)O.OCC(O)c1ccccc1. The second-order valence-electron chi connectivity index (χ2n) is 4.70. The molecule has 2 aromatic carbocycles. The third kappa shape index (κ3) is 5.21. The third-order valence-electron chi connectivity index (χ3n) is 3.15. The fourth-order valence-corrected chi connectivity index (χ4v) is 1.88. The van der Waals surface area contributed by atoms with Gasteiger partial charge in [-0.2, -0.15) is 0 Å². The molecule has 0 saturated carbocycles. The van der Waals surface area contributed by atoms with E-state index in [4.69, 9.17) is 20.4 Å². The minimum absolute atomic E-state index is 0.0277. The molecule has 0 radical (unpaired) electrons. The highest BCUT2D eigenvalue weighted by molar-refractivity contribution is 5.96. The molecule has 2 aromatic rings. The second-order valence-corrected chi connectivity index (χ2v) is 4.70. The van der Waals surface area contributed by atoms with Gasteiger partial charge in [0.1, 0.15) is 6.10 Å². The van der Waals surface area contributed by atoms with Crippen LogP contribution in [0.1, 0.15) is 37.9 Å². The van der Waals surface area contributed by atoms with Crippen LogP contribution in [0.15, 0.2) is 48.5 Å². The van der Waals surface area contributed by atoms with Crippen molar-refractivity contribution in [3.63, 3.8) is 0 Å². The van der Waals surface area contributed by atoms with Gasteiger partial charge in [0.15, 0.2) is 0 Å². The first-order valence-electron chi connectivity index (χ1n) is 6.78. The number of aromatic carboxylic acids is 2. The van der Waals surface area contributed by atoms with Crippen LogP contribution in [-0.2, 0) is 0 Å². The molecule has 0 saturated heterocycles. The maximum atomic E-state index is 10.6. The highest BCUT2D eigenvalue weighted by Gasteiger charge is 2.13. The number of carboxylic acid groups (broad SMARTS) is 2. The van der Waals surface area contributed by atoms with Gasteiger partial charge < -0.3 is 20.4 Å². The lowest BCUT2D eigenvalue weighted by Crippen LogP contribution is -2.06. The first kappa shape index (κ1) is 18.3. The molecule has 0 bridgehead atoms. The van der Waals surface area contributed by atoms with Gasteiger partial charge in [0.2, 0.25) is 0 Å². The van der Waals surface area contributed by atoms with Crippen molar-refractivity contribution in [2.45, 2.75) is 13.0 Å². The molecule has 4 N–H and O–H groups in total. The molecule has 0 aliphatic heterocycles. The highest BCUT2D eigenvalue weighted by atomic mass is 16.4. The van der Waals surface area contributed by atoms with Crippen LogP contribution in [-0.4, -0.2) is 39.0 Å². The van der Waals surface area contributed by atoms with E-state index in [9.17, 15) is 9.59 Å². The number of benzene rings is 2. The zero-order valence-electron chi connectivity index (χ0n) is 12.5. The van der Waals surface area contributed by atoms with Gasteiger partial charge in [-0.3, -0.25) is 0 Å². The smallest absolute Gasteiger partial charge is 0.335 e. The summed E-state index contributed by atoms with van der Waals surface area (Å²) in [6.45, 7) is 1.26. The number of carbonyl (C=O) groups is 2. The standard InChI is InChI=1S/C9H8O4.C8H10O2/c1-5-6(8(10)11)3-2-4-7(5)9(12)13;9-6-8(10)7-4-2-1-3-5-7/h2-4H,1H3,(H,10,11)(H,12,13);1-5,8-10H,6H2. The van der Waals surface area contributed by atoms with E-state index in [2.05, 4.69) is 0 Å². The normalized spacial score (nSPS) is 11.1. The Morgan fingerprint density at radius 2 is 1.39 bits per heavy atom. The van der Waals surface area contributed by atoms with Gasteiger partial charge in [0.25, 0.3) is 0 Å². The number of hydrogen-bond donors (Lipinski definition) is 4. The van der Waals surface area contributed by atoms with Crippen molar-refractivity contribution in [2.24, 2.45) is 0 Å². The van der Waals surface area contributed by atoms with Gasteiger partial charge in [-0.15, -0.1) is 0 Å². The fourth-order valence-electron chi connectivity index (χ4n) is 1.88. The van der Waals surface area contributed by atoms with Gasteiger partial charge in [-0.1, -0.05) is 36.4 Å². The quantitative estimate of drug-likeness (QED) is 0.686. The van der Waals surface area contributed by atoms with E-state index in [1.165, 1.54) is 25.1 Å². The summed E-state index contributed by atoms with van der Waals surface area (Å²) in [5.74, 6) is -2.22. The Hall–Kier alpha value is -2.70. The molecule has 0 spiro atoms. The molecule has 2 rings (SSSR count). The molecule has 0 aliphatic carbocycles. The Morgan fingerprint density at radius 3 is 1.78 bits per heavy atom. The predicted molar refractivity (Wildman–Crippen MR) is 83.6 cm³/mol. The van der Waals surface area contributed by atoms with E-state index in [1.807, 2.05) is 18.2 Å². The summed E-state index contributed by atoms with van der Waals surface area (Å²) in [5.41, 5.74) is 1.09. The summed E-state index contributed by atoms with van der Waals surface area (Å²) in [6.07, 6.45) is -0.735. The van der Waals surface area contributed by atoms with E-state index < -0.39 is 18.0 Å². The molecule has 0 fully saturated rings. The van der Waals surface area contributed by atoms with Gasteiger partial charge in [-0.05, 0) is 30.2 Å². The molecule has 122 valence electrons. The molecule has 6 heteroatoms. The van der Waals surface area contributed by atoms with Crippen LogP contribution in [0.3, 0.4) is 0 Å². The van der Waals surface area contributed by atoms with Crippen LogP contribution in [0.2, 0.25) is 0 Å². The minimum atomic E-state index is -1.11. The summed E-state index contributed by atoms with van der Waals surface area (Å²) < 4.78 is 0. The van der Waals surface area contributed by atoms with E-state index in [1.54, 1.807) is 12.1 Å². The van der Waals surface area contributed by atoms with Crippen molar-refractivity contribution in [2.75, 3.05) is 6.61 Å². The van der Waals surface area contributed by atoms with Crippen molar-refractivity contribution >= 4 is 11.9 Å². The lowest BCUT2D eigenvalue weighted by Gasteiger charge is -2.05. The molecular formula is C17H18O6. The lowest BCUT2D eigenvalue weighted by molar-refractivity contribution is 0.0696. The highest BCUT2D eigenvalue weighted by Crippen LogP contribution is 2.13. The average molecular weight is 318 g/mol.